The molecular weight excluding hydrogens is 454 g/mol. The third kappa shape index (κ3) is 3.61. The number of anilines is 1. The van der Waals surface area contributed by atoms with Crippen LogP contribution in [0.5, 0.6) is 11.5 Å². The van der Waals surface area contributed by atoms with E-state index < -0.39 is 0 Å². The van der Waals surface area contributed by atoms with Crippen LogP contribution in [-0.2, 0) is 0 Å². The van der Waals surface area contributed by atoms with Gasteiger partial charge in [-0.15, -0.1) is 11.3 Å². The van der Waals surface area contributed by atoms with Crippen molar-refractivity contribution in [1.29, 1.82) is 5.41 Å². The summed E-state index contributed by atoms with van der Waals surface area (Å²) in [5.41, 5.74) is 2.92. The quantitative estimate of drug-likeness (QED) is 0.523. The highest BCUT2D eigenvalue weighted by Gasteiger charge is 2.31. The number of rotatable bonds is 5. The number of hydrogen-bond acceptors (Lipinski definition) is 6. The van der Waals surface area contributed by atoms with E-state index in [0.29, 0.717) is 22.1 Å². The molecule has 4 rings (SSSR count). The summed E-state index contributed by atoms with van der Waals surface area (Å²) in [6.45, 7) is 0.246. The average Bonchev–Trinajstić information content (AvgIpc) is 3.31. The van der Waals surface area contributed by atoms with Crippen molar-refractivity contribution in [3.8, 4) is 22.8 Å². The molecule has 1 aliphatic heterocycles. The van der Waals surface area contributed by atoms with Gasteiger partial charge in [0.25, 0.3) is 0 Å². The maximum atomic E-state index is 10.6. The second kappa shape index (κ2) is 7.88. The number of nitrogens with zero attached hydrogens (tertiary/aromatic N) is 2. The summed E-state index contributed by atoms with van der Waals surface area (Å²) in [5, 5.41) is 21.7. The van der Waals surface area contributed by atoms with Crippen molar-refractivity contribution < 1.29 is 14.6 Å². The molecule has 0 radical (unpaired) electrons. The predicted octanol–water partition coefficient (Wildman–Crippen LogP) is 5.36. The first kappa shape index (κ1) is 19.5. The molecule has 0 amide bonds. The van der Waals surface area contributed by atoms with Crippen LogP contribution < -0.4 is 14.4 Å². The summed E-state index contributed by atoms with van der Waals surface area (Å²) in [5.74, 6) is 1.64. The Bertz CT molecular complexity index is 1130. The molecule has 2 aromatic carbocycles. The zero-order valence-corrected chi connectivity index (χ0v) is 18.2. The Morgan fingerprint density at radius 3 is 2.66 bits per heavy atom. The SMILES string of the molecule is COc1ccc(-c2csc(C3=C(O)CN(c4cccc(Br)c4)C3=N)n2)cc1OC. The Labute approximate surface area is 180 Å². The molecule has 1 aliphatic rings. The minimum Gasteiger partial charge on any atom is -0.510 e. The molecule has 29 heavy (non-hydrogen) atoms. The normalized spacial score (nSPS) is 13.9. The lowest BCUT2D eigenvalue weighted by molar-refractivity contribution is 0.355. The van der Waals surface area contributed by atoms with Crippen molar-refractivity contribution in [3.05, 3.63) is 63.1 Å². The Morgan fingerprint density at radius 1 is 1.14 bits per heavy atom. The number of aliphatic hydroxyl groups excluding tert-OH is 1. The van der Waals surface area contributed by atoms with E-state index in [0.717, 1.165) is 21.4 Å². The van der Waals surface area contributed by atoms with Gasteiger partial charge in [-0.05, 0) is 36.4 Å². The second-order valence-electron chi connectivity index (χ2n) is 6.34. The Morgan fingerprint density at radius 2 is 1.93 bits per heavy atom. The fourth-order valence-corrected chi connectivity index (χ4v) is 4.47. The number of ether oxygens (including phenoxy) is 2. The molecule has 8 heteroatoms. The van der Waals surface area contributed by atoms with Gasteiger partial charge in [0.15, 0.2) is 11.5 Å². The number of benzene rings is 2. The van der Waals surface area contributed by atoms with Crippen LogP contribution in [0.4, 0.5) is 5.69 Å². The number of nitrogens with one attached hydrogen (secondary N) is 1. The molecule has 0 saturated carbocycles. The molecule has 0 aliphatic carbocycles. The van der Waals surface area contributed by atoms with Crippen LogP contribution in [0, 0.1) is 5.41 Å². The Kier molecular flexibility index (Phi) is 5.29. The first-order chi connectivity index (χ1) is 14.0. The molecule has 0 saturated heterocycles. The number of methoxy groups -OCH3 is 2. The van der Waals surface area contributed by atoms with E-state index in [4.69, 9.17) is 14.9 Å². The molecule has 0 fully saturated rings. The molecular formula is C21H18BrN3O3S. The van der Waals surface area contributed by atoms with Crippen molar-refractivity contribution in [2.75, 3.05) is 25.7 Å². The van der Waals surface area contributed by atoms with Gasteiger partial charge < -0.3 is 19.5 Å². The smallest absolute Gasteiger partial charge is 0.161 e. The van der Waals surface area contributed by atoms with Gasteiger partial charge in [0.2, 0.25) is 0 Å². The molecule has 0 atom stereocenters. The van der Waals surface area contributed by atoms with Crippen molar-refractivity contribution in [2.24, 2.45) is 0 Å². The Balaban J connectivity index is 1.64. The number of aromatic nitrogens is 1. The second-order valence-corrected chi connectivity index (χ2v) is 8.12. The number of hydrogen-bond donors (Lipinski definition) is 2. The number of thiazole rings is 1. The first-order valence-electron chi connectivity index (χ1n) is 8.74. The number of aliphatic hydroxyl groups is 1. The maximum absolute atomic E-state index is 10.6. The fourth-order valence-electron chi connectivity index (χ4n) is 3.19. The highest BCUT2D eigenvalue weighted by molar-refractivity contribution is 9.10. The zero-order valence-electron chi connectivity index (χ0n) is 15.8. The van der Waals surface area contributed by atoms with Gasteiger partial charge in [0.05, 0.1) is 32.0 Å². The summed E-state index contributed by atoms with van der Waals surface area (Å²) in [7, 11) is 3.18. The molecule has 3 aromatic rings. The summed E-state index contributed by atoms with van der Waals surface area (Å²) in [6, 6.07) is 13.3. The van der Waals surface area contributed by atoms with Gasteiger partial charge in [-0.1, -0.05) is 22.0 Å². The highest BCUT2D eigenvalue weighted by Crippen LogP contribution is 2.37. The molecule has 2 heterocycles. The van der Waals surface area contributed by atoms with E-state index in [1.807, 2.05) is 47.8 Å². The summed E-state index contributed by atoms with van der Waals surface area (Å²) in [4.78, 5) is 6.42. The predicted molar refractivity (Wildman–Crippen MR) is 119 cm³/mol. The van der Waals surface area contributed by atoms with Gasteiger partial charge in [-0.2, -0.15) is 0 Å². The molecule has 2 N–H and O–H groups in total. The Hall–Kier alpha value is -2.84. The topological polar surface area (TPSA) is 78.7 Å². The van der Waals surface area contributed by atoms with Gasteiger partial charge in [0, 0.05) is 21.1 Å². The third-order valence-electron chi connectivity index (χ3n) is 4.62. The van der Waals surface area contributed by atoms with E-state index >= 15 is 0 Å². The van der Waals surface area contributed by atoms with Gasteiger partial charge >= 0.3 is 0 Å². The van der Waals surface area contributed by atoms with Crippen LogP contribution in [0.15, 0.2) is 58.1 Å². The lowest BCUT2D eigenvalue weighted by atomic mass is 10.1. The molecule has 1 aromatic heterocycles. The average molecular weight is 472 g/mol. The van der Waals surface area contributed by atoms with Crippen molar-refractivity contribution >= 4 is 44.4 Å². The molecule has 6 nitrogen and oxygen atoms in total. The van der Waals surface area contributed by atoms with Gasteiger partial charge in [0.1, 0.15) is 16.6 Å². The van der Waals surface area contributed by atoms with E-state index in [2.05, 4.69) is 20.9 Å². The molecule has 148 valence electrons. The number of halogens is 1. The monoisotopic (exact) mass is 471 g/mol. The minimum absolute atomic E-state index is 0.142. The summed E-state index contributed by atoms with van der Waals surface area (Å²) >= 11 is 4.85. The van der Waals surface area contributed by atoms with E-state index in [-0.39, 0.29) is 18.1 Å². The largest absolute Gasteiger partial charge is 0.510 e. The van der Waals surface area contributed by atoms with E-state index in [1.54, 1.807) is 19.1 Å². The number of amidine groups is 1. The molecule has 0 bridgehead atoms. The standard InChI is InChI=1S/C21H18BrN3O3S/c1-27-17-7-6-12(8-18(17)28-2)15-11-29-21(24-15)19-16(26)10-25(20(19)23)14-5-3-4-13(22)9-14/h3-9,11,23,26H,10H2,1-2H3. The van der Waals surface area contributed by atoms with E-state index in [1.165, 1.54) is 11.3 Å². The van der Waals surface area contributed by atoms with Crippen molar-refractivity contribution in [2.45, 2.75) is 0 Å². The molecule has 0 spiro atoms. The van der Waals surface area contributed by atoms with Crippen LogP contribution in [0.2, 0.25) is 0 Å². The van der Waals surface area contributed by atoms with Crippen LogP contribution in [0.25, 0.3) is 16.8 Å². The maximum Gasteiger partial charge on any atom is 0.161 e. The highest BCUT2D eigenvalue weighted by atomic mass is 79.9. The third-order valence-corrected chi connectivity index (χ3v) is 5.97. The lowest BCUT2D eigenvalue weighted by Crippen LogP contribution is -2.25. The fraction of sp³-hybridized carbons (Fsp3) is 0.143. The van der Waals surface area contributed by atoms with Crippen LogP contribution >= 0.6 is 27.3 Å². The van der Waals surface area contributed by atoms with E-state index in [9.17, 15) is 5.11 Å². The van der Waals surface area contributed by atoms with Crippen molar-refractivity contribution in [3.63, 3.8) is 0 Å². The summed E-state index contributed by atoms with van der Waals surface area (Å²) in [6.07, 6.45) is 0. The van der Waals surface area contributed by atoms with Crippen molar-refractivity contribution in [1.82, 2.24) is 4.98 Å². The van der Waals surface area contributed by atoms with Crippen LogP contribution in [-0.4, -0.2) is 36.7 Å². The molecule has 0 unspecified atom stereocenters. The lowest BCUT2D eigenvalue weighted by Gasteiger charge is -2.18. The minimum atomic E-state index is 0.142. The van der Waals surface area contributed by atoms with Crippen LogP contribution in [0.1, 0.15) is 5.01 Å². The first-order valence-corrected chi connectivity index (χ1v) is 10.4. The zero-order chi connectivity index (χ0) is 20.5. The van der Waals surface area contributed by atoms with Gasteiger partial charge in [-0.3, -0.25) is 5.41 Å². The van der Waals surface area contributed by atoms with Gasteiger partial charge in [-0.25, -0.2) is 4.98 Å². The van der Waals surface area contributed by atoms with Crippen LogP contribution in [0.3, 0.4) is 0 Å². The summed E-state index contributed by atoms with van der Waals surface area (Å²) < 4.78 is 11.6.